The summed E-state index contributed by atoms with van der Waals surface area (Å²) < 4.78 is 0. The molecule has 2 fully saturated rings. The Bertz CT molecular complexity index is 528. The van der Waals surface area contributed by atoms with Gasteiger partial charge in [0.25, 0.3) is 5.91 Å². The molecule has 0 aromatic rings. The van der Waals surface area contributed by atoms with E-state index < -0.39 is 5.54 Å². The molecule has 0 bridgehead atoms. The van der Waals surface area contributed by atoms with Gasteiger partial charge in [-0.25, -0.2) is 0 Å². The van der Waals surface area contributed by atoms with E-state index in [0.717, 1.165) is 52.1 Å². The predicted octanol–water partition coefficient (Wildman–Crippen LogP) is 1.84. The molecule has 2 rings (SSSR count). The summed E-state index contributed by atoms with van der Waals surface area (Å²) in [5, 5.41) is 3.32. The first kappa shape index (κ1) is 21.1. The zero-order valence-electron chi connectivity index (χ0n) is 16.7. The molecule has 7 heteroatoms. The van der Waals surface area contributed by atoms with Gasteiger partial charge in [0.15, 0.2) is 5.11 Å². The number of thiocarbonyl (C=S) groups is 1. The first-order chi connectivity index (χ1) is 12.2. The Balaban J connectivity index is 1.56. The summed E-state index contributed by atoms with van der Waals surface area (Å²) >= 11 is 5.26. The highest BCUT2D eigenvalue weighted by molar-refractivity contribution is 7.80. The number of hydrogen-bond acceptors (Lipinski definition) is 4. The van der Waals surface area contributed by atoms with Crippen LogP contribution in [0.4, 0.5) is 0 Å². The Morgan fingerprint density at radius 2 is 1.65 bits per heavy atom. The van der Waals surface area contributed by atoms with E-state index in [2.05, 4.69) is 10.2 Å². The summed E-state index contributed by atoms with van der Waals surface area (Å²) in [6.45, 7) is 13.4. The lowest BCUT2D eigenvalue weighted by Crippen LogP contribution is -2.49. The Labute approximate surface area is 163 Å². The van der Waals surface area contributed by atoms with E-state index in [1.165, 1.54) is 12.8 Å². The third kappa shape index (κ3) is 5.16. The van der Waals surface area contributed by atoms with E-state index >= 15 is 0 Å². The topological polar surface area (TPSA) is 55.9 Å². The van der Waals surface area contributed by atoms with Crippen LogP contribution in [-0.2, 0) is 9.59 Å². The van der Waals surface area contributed by atoms with Gasteiger partial charge in [0.2, 0.25) is 5.91 Å². The van der Waals surface area contributed by atoms with Gasteiger partial charge in [-0.1, -0.05) is 26.7 Å². The minimum atomic E-state index is -0.524. The normalized spacial score (nSPS) is 20.8. The standard InChI is InChI=1S/C19H34N4O2S/c1-15(2)16(24)22-13-11-21(12-14-22)9-7-5-6-8-10-23-18(26)20-17(25)19(23,3)4/h15H,5-14H2,1-4H3,(H,20,25,26). The second kappa shape index (κ2) is 9.13. The van der Waals surface area contributed by atoms with E-state index in [4.69, 9.17) is 12.2 Å². The maximum Gasteiger partial charge on any atom is 0.251 e. The van der Waals surface area contributed by atoms with E-state index in [-0.39, 0.29) is 17.7 Å². The SMILES string of the molecule is CC(C)C(=O)N1CCN(CCCCCCN2C(=S)NC(=O)C2(C)C)CC1. The van der Waals surface area contributed by atoms with Crippen molar-refractivity contribution in [1.29, 1.82) is 0 Å². The summed E-state index contributed by atoms with van der Waals surface area (Å²) in [5.74, 6) is 0.374. The predicted molar refractivity (Wildman–Crippen MR) is 108 cm³/mol. The summed E-state index contributed by atoms with van der Waals surface area (Å²) in [6.07, 6.45) is 4.57. The molecule has 2 amide bonds. The van der Waals surface area contributed by atoms with Crippen LogP contribution in [0.15, 0.2) is 0 Å². The minimum Gasteiger partial charge on any atom is -0.340 e. The van der Waals surface area contributed by atoms with Gasteiger partial charge >= 0.3 is 0 Å². The number of nitrogens with one attached hydrogen (secondary N) is 1. The highest BCUT2D eigenvalue weighted by Crippen LogP contribution is 2.21. The molecule has 0 aliphatic carbocycles. The number of nitrogens with zero attached hydrogens (tertiary/aromatic N) is 3. The third-order valence-corrected chi connectivity index (χ3v) is 5.80. The van der Waals surface area contributed by atoms with Gasteiger partial charge in [-0.15, -0.1) is 0 Å². The molecule has 2 heterocycles. The van der Waals surface area contributed by atoms with Crippen LogP contribution in [0.1, 0.15) is 53.4 Å². The lowest BCUT2D eigenvalue weighted by molar-refractivity contribution is -0.136. The van der Waals surface area contributed by atoms with Crippen molar-refractivity contribution in [2.75, 3.05) is 39.3 Å². The number of rotatable bonds is 8. The molecule has 0 saturated carbocycles. The molecular formula is C19H34N4O2S. The molecule has 2 saturated heterocycles. The summed E-state index contributed by atoms with van der Waals surface area (Å²) in [7, 11) is 0. The quantitative estimate of drug-likeness (QED) is 0.513. The molecule has 0 aromatic carbocycles. The van der Waals surface area contributed by atoms with Crippen LogP contribution in [0, 0.1) is 5.92 Å². The van der Waals surface area contributed by atoms with Gasteiger partial charge in [0.05, 0.1) is 0 Å². The van der Waals surface area contributed by atoms with Gasteiger partial charge in [-0.3, -0.25) is 14.5 Å². The number of carbonyl (C=O) groups excluding carboxylic acids is 2. The maximum absolute atomic E-state index is 12.0. The van der Waals surface area contributed by atoms with Crippen molar-refractivity contribution in [3.05, 3.63) is 0 Å². The number of carbonyl (C=O) groups is 2. The van der Waals surface area contributed by atoms with Gasteiger partial charge < -0.3 is 15.1 Å². The molecule has 0 unspecified atom stereocenters. The van der Waals surface area contributed by atoms with Gasteiger partial charge in [-0.05, 0) is 45.5 Å². The van der Waals surface area contributed by atoms with Crippen LogP contribution in [0.5, 0.6) is 0 Å². The zero-order valence-corrected chi connectivity index (χ0v) is 17.5. The lowest BCUT2D eigenvalue weighted by Gasteiger charge is -2.35. The van der Waals surface area contributed by atoms with Gasteiger partial charge in [0, 0.05) is 38.6 Å². The average molecular weight is 383 g/mol. The lowest BCUT2D eigenvalue weighted by atomic mass is 10.0. The fourth-order valence-electron chi connectivity index (χ4n) is 3.59. The van der Waals surface area contributed by atoms with E-state index in [0.29, 0.717) is 5.11 Å². The van der Waals surface area contributed by atoms with Gasteiger partial charge in [-0.2, -0.15) is 0 Å². The van der Waals surface area contributed by atoms with E-state index in [1.807, 2.05) is 37.5 Å². The van der Waals surface area contributed by atoms with Crippen molar-refractivity contribution < 1.29 is 9.59 Å². The molecule has 6 nitrogen and oxygen atoms in total. The molecule has 0 atom stereocenters. The number of amides is 2. The van der Waals surface area contributed by atoms with Crippen LogP contribution in [0.3, 0.4) is 0 Å². The Morgan fingerprint density at radius 3 is 2.15 bits per heavy atom. The van der Waals surface area contributed by atoms with Crippen molar-refractivity contribution in [1.82, 2.24) is 20.0 Å². The number of unbranched alkanes of at least 4 members (excludes halogenated alkanes) is 3. The smallest absolute Gasteiger partial charge is 0.251 e. The second-order valence-corrected chi connectivity index (χ2v) is 8.59. The molecule has 2 aliphatic rings. The van der Waals surface area contributed by atoms with Gasteiger partial charge in [0.1, 0.15) is 5.54 Å². The van der Waals surface area contributed by atoms with Crippen LogP contribution in [0.2, 0.25) is 0 Å². The van der Waals surface area contributed by atoms with Crippen LogP contribution in [0.25, 0.3) is 0 Å². The van der Waals surface area contributed by atoms with Crippen molar-refractivity contribution in [3.8, 4) is 0 Å². The number of piperazine rings is 1. The molecule has 2 aliphatic heterocycles. The third-order valence-electron chi connectivity index (χ3n) is 5.48. The monoisotopic (exact) mass is 382 g/mol. The van der Waals surface area contributed by atoms with Crippen molar-refractivity contribution in [3.63, 3.8) is 0 Å². The Morgan fingerprint density at radius 1 is 1.08 bits per heavy atom. The molecule has 148 valence electrons. The fourth-order valence-corrected chi connectivity index (χ4v) is 4.00. The maximum atomic E-state index is 12.0. The molecule has 1 N–H and O–H groups in total. The van der Waals surface area contributed by atoms with Crippen molar-refractivity contribution >= 4 is 29.1 Å². The van der Waals surface area contributed by atoms with Crippen molar-refractivity contribution in [2.45, 2.75) is 58.9 Å². The largest absolute Gasteiger partial charge is 0.340 e. The molecule has 0 spiro atoms. The Kier molecular flexibility index (Phi) is 7.41. The van der Waals surface area contributed by atoms with E-state index in [9.17, 15) is 9.59 Å². The second-order valence-electron chi connectivity index (χ2n) is 8.21. The fraction of sp³-hybridized carbons (Fsp3) is 0.842. The average Bonchev–Trinajstić information content (AvgIpc) is 2.79. The van der Waals surface area contributed by atoms with E-state index in [1.54, 1.807) is 0 Å². The first-order valence-corrected chi connectivity index (χ1v) is 10.3. The van der Waals surface area contributed by atoms with Crippen LogP contribution in [-0.4, -0.2) is 76.4 Å². The Hall–Kier alpha value is -1.21. The number of hydrogen-bond donors (Lipinski definition) is 1. The summed E-state index contributed by atoms with van der Waals surface area (Å²) in [6, 6.07) is 0. The van der Waals surface area contributed by atoms with Crippen molar-refractivity contribution in [2.24, 2.45) is 5.92 Å². The zero-order chi connectivity index (χ0) is 19.3. The highest BCUT2D eigenvalue weighted by Gasteiger charge is 2.42. The summed E-state index contributed by atoms with van der Waals surface area (Å²) in [4.78, 5) is 30.3. The van der Waals surface area contributed by atoms with Crippen LogP contribution >= 0.6 is 12.2 Å². The molecule has 26 heavy (non-hydrogen) atoms. The minimum absolute atomic E-state index is 0.00223. The molecule has 0 aromatic heterocycles. The molecule has 0 radical (unpaired) electrons. The molecular weight excluding hydrogens is 348 g/mol. The first-order valence-electron chi connectivity index (χ1n) is 9.87. The van der Waals surface area contributed by atoms with Crippen LogP contribution < -0.4 is 5.32 Å². The summed E-state index contributed by atoms with van der Waals surface area (Å²) in [5.41, 5.74) is -0.524. The highest BCUT2D eigenvalue weighted by atomic mass is 32.1.